The molecule has 0 radical (unpaired) electrons. The van der Waals surface area contributed by atoms with Gasteiger partial charge in [0, 0.05) is 12.1 Å². The SMILES string of the molecule is CCCCCN(C)C(C)(CN)C(C)C. The maximum absolute atomic E-state index is 5.87. The molecule has 0 saturated carbocycles. The maximum atomic E-state index is 5.87. The number of nitrogens with zero attached hydrogens (tertiary/aromatic N) is 1. The van der Waals surface area contributed by atoms with Crippen LogP contribution in [0.2, 0.25) is 0 Å². The van der Waals surface area contributed by atoms with Crippen molar-refractivity contribution in [1.29, 1.82) is 0 Å². The topological polar surface area (TPSA) is 29.3 Å². The molecule has 0 heterocycles. The molecule has 0 aromatic heterocycles. The van der Waals surface area contributed by atoms with Crippen LogP contribution in [0, 0.1) is 5.92 Å². The number of unbranched alkanes of at least 4 members (excludes halogenated alkanes) is 2. The van der Waals surface area contributed by atoms with E-state index in [0.717, 1.165) is 6.54 Å². The Morgan fingerprint density at radius 2 is 1.86 bits per heavy atom. The first-order valence-corrected chi connectivity index (χ1v) is 5.90. The fourth-order valence-electron chi connectivity index (χ4n) is 1.69. The van der Waals surface area contributed by atoms with Crippen LogP contribution < -0.4 is 5.73 Å². The lowest BCUT2D eigenvalue weighted by molar-refractivity contribution is 0.0931. The molecule has 2 heteroatoms. The summed E-state index contributed by atoms with van der Waals surface area (Å²) in [5, 5.41) is 0. The van der Waals surface area contributed by atoms with Crippen LogP contribution in [0.5, 0.6) is 0 Å². The number of likely N-dealkylation sites (N-methyl/N-ethyl adjacent to an activating group) is 1. The predicted molar refractivity (Wildman–Crippen MR) is 64.5 cm³/mol. The molecule has 0 aliphatic heterocycles. The van der Waals surface area contributed by atoms with Crippen molar-refractivity contribution in [2.24, 2.45) is 11.7 Å². The third-order valence-corrected chi connectivity index (χ3v) is 3.63. The molecule has 1 atom stereocenters. The first-order valence-electron chi connectivity index (χ1n) is 5.90. The first kappa shape index (κ1) is 13.9. The Labute approximate surface area is 89.9 Å². The van der Waals surface area contributed by atoms with Gasteiger partial charge in [-0.2, -0.15) is 0 Å². The van der Waals surface area contributed by atoms with Gasteiger partial charge in [0.1, 0.15) is 0 Å². The maximum Gasteiger partial charge on any atom is 0.0323 e. The van der Waals surface area contributed by atoms with E-state index in [1.54, 1.807) is 0 Å². The highest BCUT2D eigenvalue weighted by Crippen LogP contribution is 2.22. The van der Waals surface area contributed by atoms with Crippen molar-refractivity contribution in [1.82, 2.24) is 4.90 Å². The zero-order chi connectivity index (χ0) is 11.2. The minimum atomic E-state index is 0.160. The Hall–Kier alpha value is -0.0800. The second kappa shape index (κ2) is 6.41. The minimum absolute atomic E-state index is 0.160. The highest BCUT2D eigenvalue weighted by molar-refractivity contribution is 4.88. The fourth-order valence-corrected chi connectivity index (χ4v) is 1.69. The van der Waals surface area contributed by atoms with Crippen molar-refractivity contribution < 1.29 is 0 Å². The largest absolute Gasteiger partial charge is 0.329 e. The van der Waals surface area contributed by atoms with Crippen LogP contribution in [0.3, 0.4) is 0 Å². The summed E-state index contributed by atoms with van der Waals surface area (Å²) in [6.07, 6.45) is 3.90. The zero-order valence-electron chi connectivity index (χ0n) is 10.6. The Kier molecular flexibility index (Phi) is 6.38. The normalized spacial score (nSPS) is 16.3. The molecule has 14 heavy (non-hydrogen) atoms. The molecule has 1 unspecified atom stereocenters. The van der Waals surface area contributed by atoms with Crippen molar-refractivity contribution in [2.45, 2.75) is 52.5 Å². The van der Waals surface area contributed by atoms with Crippen LogP contribution >= 0.6 is 0 Å². The highest BCUT2D eigenvalue weighted by atomic mass is 15.2. The molecule has 0 amide bonds. The van der Waals surface area contributed by atoms with Gasteiger partial charge in [0.15, 0.2) is 0 Å². The summed E-state index contributed by atoms with van der Waals surface area (Å²) >= 11 is 0. The summed E-state index contributed by atoms with van der Waals surface area (Å²) < 4.78 is 0. The second-order valence-electron chi connectivity index (χ2n) is 4.84. The standard InChI is InChI=1S/C12H28N2/c1-6-7-8-9-14(5)12(4,10-13)11(2)3/h11H,6-10,13H2,1-5H3. The van der Waals surface area contributed by atoms with Crippen LogP contribution in [-0.4, -0.2) is 30.6 Å². The molecule has 2 nitrogen and oxygen atoms in total. The third-order valence-electron chi connectivity index (χ3n) is 3.63. The lowest BCUT2D eigenvalue weighted by Crippen LogP contribution is -2.53. The molecule has 0 aromatic rings. The van der Waals surface area contributed by atoms with Gasteiger partial charge in [-0.05, 0) is 32.9 Å². The quantitative estimate of drug-likeness (QED) is 0.640. The minimum Gasteiger partial charge on any atom is -0.329 e. The summed E-state index contributed by atoms with van der Waals surface area (Å²) in [4.78, 5) is 2.42. The molecule has 0 aromatic carbocycles. The van der Waals surface area contributed by atoms with Crippen molar-refractivity contribution in [3.8, 4) is 0 Å². The van der Waals surface area contributed by atoms with Gasteiger partial charge in [-0.25, -0.2) is 0 Å². The molecule has 0 bridgehead atoms. The van der Waals surface area contributed by atoms with Crippen molar-refractivity contribution >= 4 is 0 Å². The Morgan fingerprint density at radius 1 is 1.29 bits per heavy atom. The van der Waals surface area contributed by atoms with E-state index >= 15 is 0 Å². The monoisotopic (exact) mass is 200 g/mol. The van der Waals surface area contributed by atoms with Gasteiger partial charge in [0.25, 0.3) is 0 Å². The lowest BCUT2D eigenvalue weighted by atomic mass is 9.87. The Bertz CT molecular complexity index is 145. The van der Waals surface area contributed by atoms with Crippen LogP contribution in [0.25, 0.3) is 0 Å². The molecule has 86 valence electrons. The molecule has 0 aliphatic carbocycles. The second-order valence-corrected chi connectivity index (χ2v) is 4.84. The van der Waals surface area contributed by atoms with Crippen LogP contribution in [0.1, 0.15) is 47.0 Å². The predicted octanol–water partition coefficient (Wildman–Crippen LogP) is 2.48. The van der Waals surface area contributed by atoms with Gasteiger partial charge < -0.3 is 5.73 Å². The van der Waals surface area contributed by atoms with E-state index in [-0.39, 0.29) is 5.54 Å². The molecular formula is C12H28N2. The van der Waals surface area contributed by atoms with Gasteiger partial charge in [-0.3, -0.25) is 4.90 Å². The molecular weight excluding hydrogens is 172 g/mol. The third kappa shape index (κ3) is 3.58. The number of hydrogen-bond donors (Lipinski definition) is 1. The Morgan fingerprint density at radius 3 is 2.21 bits per heavy atom. The molecule has 0 saturated heterocycles. The Balaban J connectivity index is 4.10. The number of rotatable bonds is 7. The summed E-state index contributed by atoms with van der Waals surface area (Å²) in [6, 6.07) is 0. The van der Waals surface area contributed by atoms with Crippen LogP contribution in [0.4, 0.5) is 0 Å². The average molecular weight is 200 g/mol. The molecule has 0 spiro atoms. The fraction of sp³-hybridized carbons (Fsp3) is 1.00. The summed E-state index contributed by atoms with van der Waals surface area (Å²) in [5.41, 5.74) is 6.03. The molecule has 0 aliphatic rings. The van der Waals surface area contributed by atoms with E-state index in [4.69, 9.17) is 5.73 Å². The zero-order valence-corrected chi connectivity index (χ0v) is 10.6. The van der Waals surface area contributed by atoms with Gasteiger partial charge in [0.2, 0.25) is 0 Å². The van der Waals surface area contributed by atoms with E-state index in [2.05, 4.69) is 39.6 Å². The van der Waals surface area contributed by atoms with Gasteiger partial charge >= 0.3 is 0 Å². The summed E-state index contributed by atoms with van der Waals surface area (Å²) in [5.74, 6) is 0.610. The highest BCUT2D eigenvalue weighted by Gasteiger charge is 2.30. The lowest BCUT2D eigenvalue weighted by Gasteiger charge is -2.41. The summed E-state index contributed by atoms with van der Waals surface area (Å²) in [6.45, 7) is 10.9. The number of hydrogen-bond acceptors (Lipinski definition) is 2. The van der Waals surface area contributed by atoms with E-state index in [1.807, 2.05) is 0 Å². The van der Waals surface area contributed by atoms with E-state index in [9.17, 15) is 0 Å². The van der Waals surface area contributed by atoms with Crippen molar-refractivity contribution in [3.05, 3.63) is 0 Å². The van der Waals surface area contributed by atoms with E-state index in [0.29, 0.717) is 5.92 Å². The van der Waals surface area contributed by atoms with Gasteiger partial charge in [-0.15, -0.1) is 0 Å². The molecule has 2 N–H and O–H groups in total. The first-order chi connectivity index (χ1) is 6.49. The van der Waals surface area contributed by atoms with Crippen LogP contribution in [-0.2, 0) is 0 Å². The average Bonchev–Trinajstić information content (AvgIpc) is 2.16. The summed E-state index contributed by atoms with van der Waals surface area (Å²) in [7, 11) is 2.20. The van der Waals surface area contributed by atoms with Crippen molar-refractivity contribution in [3.63, 3.8) is 0 Å². The number of nitrogens with two attached hydrogens (primary N) is 1. The van der Waals surface area contributed by atoms with Gasteiger partial charge in [0.05, 0.1) is 0 Å². The van der Waals surface area contributed by atoms with Crippen LogP contribution in [0.15, 0.2) is 0 Å². The molecule has 0 rings (SSSR count). The smallest absolute Gasteiger partial charge is 0.0323 e. The van der Waals surface area contributed by atoms with E-state index < -0.39 is 0 Å². The molecule has 0 fully saturated rings. The van der Waals surface area contributed by atoms with Crippen molar-refractivity contribution in [2.75, 3.05) is 20.1 Å². The van der Waals surface area contributed by atoms with E-state index in [1.165, 1.54) is 25.8 Å². The van der Waals surface area contributed by atoms with Gasteiger partial charge in [-0.1, -0.05) is 33.6 Å².